The average Bonchev–Trinajstić information content (AvgIpc) is 2.56. The second kappa shape index (κ2) is 6.91. The van der Waals surface area contributed by atoms with Gasteiger partial charge in [-0.05, 0) is 54.4 Å². The Balaban J connectivity index is 1.60. The molecule has 2 aromatic rings. The number of methoxy groups -OCH3 is 1. The van der Waals surface area contributed by atoms with Crippen LogP contribution in [0.4, 0.5) is 10.5 Å². The third-order valence-electron chi connectivity index (χ3n) is 3.61. The molecule has 1 aliphatic rings. The maximum absolute atomic E-state index is 12.1. The molecule has 5 nitrogen and oxygen atoms in total. The van der Waals surface area contributed by atoms with Gasteiger partial charge in [0.25, 0.3) is 0 Å². The average molecular weight is 377 g/mol. The summed E-state index contributed by atoms with van der Waals surface area (Å²) < 4.78 is 11.9. The van der Waals surface area contributed by atoms with Crippen LogP contribution in [0.2, 0.25) is 0 Å². The maximum atomic E-state index is 12.1. The third-order valence-corrected chi connectivity index (χ3v) is 4.14. The summed E-state index contributed by atoms with van der Waals surface area (Å²) in [5.74, 6) is 1.63. The first-order chi connectivity index (χ1) is 11.1. The highest BCUT2D eigenvalue weighted by atomic mass is 79.9. The number of carbonyl (C=O) groups excluding carboxylic acids is 1. The lowest BCUT2D eigenvalue weighted by molar-refractivity contribution is 0.222. The van der Waals surface area contributed by atoms with Gasteiger partial charge in [0, 0.05) is 10.2 Å². The highest BCUT2D eigenvalue weighted by molar-refractivity contribution is 9.10. The summed E-state index contributed by atoms with van der Waals surface area (Å²) in [7, 11) is 1.63. The Morgan fingerprint density at radius 3 is 2.78 bits per heavy atom. The fourth-order valence-electron chi connectivity index (χ4n) is 2.48. The SMILES string of the molecule is COc1ccc2c(c1)CC(NC(=O)Nc1ccc(Br)cc1)CO2. The zero-order valence-electron chi connectivity index (χ0n) is 12.6. The van der Waals surface area contributed by atoms with Gasteiger partial charge in [0.1, 0.15) is 18.1 Å². The van der Waals surface area contributed by atoms with E-state index in [9.17, 15) is 4.79 Å². The van der Waals surface area contributed by atoms with E-state index in [0.717, 1.165) is 27.2 Å². The second-order valence-electron chi connectivity index (χ2n) is 5.29. The number of anilines is 1. The number of rotatable bonds is 3. The van der Waals surface area contributed by atoms with Crippen LogP contribution in [-0.2, 0) is 6.42 Å². The molecule has 1 aliphatic heterocycles. The van der Waals surface area contributed by atoms with E-state index in [0.29, 0.717) is 13.0 Å². The first-order valence-electron chi connectivity index (χ1n) is 7.27. The molecule has 0 aliphatic carbocycles. The van der Waals surface area contributed by atoms with Crippen molar-refractivity contribution in [3.63, 3.8) is 0 Å². The zero-order chi connectivity index (χ0) is 16.2. The van der Waals surface area contributed by atoms with Crippen molar-refractivity contribution in [3.05, 3.63) is 52.5 Å². The number of hydrogen-bond acceptors (Lipinski definition) is 3. The van der Waals surface area contributed by atoms with Crippen LogP contribution in [0.1, 0.15) is 5.56 Å². The number of fused-ring (bicyclic) bond motifs is 1. The van der Waals surface area contributed by atoms with E-state index in [1.807, 2.05) is 42.5 Å². The second-order valence-corrected chi connectivity index (χ2v) is 6.21. The van der Waals surface area contributed by atoms with Gasteiger partial charge in [-0.2, -0.15) is 0 Å². The number of nitrogens with one attached hydrogen (secondary N) is 2. The van der Waals surface area contributed by atoms with Crippen LogP contribution < -0.4 is 20.1 Å². The number of benzene rings is 2. The van der Waals surface area contributed by atoms with Crippen molar-refractivity contribution in [1.29, 1.82) is 0 Å². The van der Waals surface area contributed by atoms with Gasteiger partial charge in [-0.1, -0.05) is 15.9 Å². The summed E-state index contributed by atoms with van der Waals surface area (Å²) in [4.78, 5) is 12.1. The predicted octanol–water partition coefficient (Wildman–Crippen LogP) is 3.58. The van der Waals surface area contributed by atoms with Crippen molar-refractivity contribution in [2.75, 3.05) is 19.0 Å². The molecule has 2 aromatic carbocycles. The number of amides is 2. The van der Waals surface area contributed by atoms with Crippen molar-refractivity contribution in [2.45, 2.75) is 12.5 Å². The summed E-state index contributed by atoms with van der Waals surface area (Å²) in [6, 6.07) is 12.8. The van der Waals surface area contributed by atoms with Crippen molar-refractivity contribution in [3.8, 4) is 11.5 Å². The minimum absolute atomic E-state index is 0.0787. The first-order valence-corrected chi connectivity index (χ1v) is 8.06. The van der Waals surface area contributed by atoms with Crippen LogP contribution in [0, 0.1) is 0 Å². The Morgan fingerprint density at radius 2 is 2.04 bits per heavy atom. The van der Waals surface area contributed by atoms with Crippen molar-refractivity contribution < 1.29 is 14.3 Å². The monoisotopic (exact) mass is 376 g/mol. The molecule has 2 N–H and O–H groups in total. The molecule has 0 saturated carbocycles. The van der Waals surface area contributed by atoms with Crippen LogP contribution >= 0.6 is 15.9 Å². The fraction of sp³-hybridized carbons (Fsp3) is 0.235. The number of halogens is 1. The van der Waals surface area contributed by atoms with Gasteiger partial charge in [0.15, 0.2) is 0 Å². The van der Waals surface area contributed by atoms with Gasteiger partial charge in [0.2, 0.25) is 0 Å². The minimum atomic E-state index is -0.243. The molecule has 1 atom stereocenters. The lowest BCUT2D eigenvalue weighted by Crippen LogP contribution is -2.44. The van der Waals surface area contributed by atoms with Gasteiger partial charge in [-0.3, -0.25) is 0 Å². The largest absolute Gasteiger partial charge is 0.497 e. The van der Waals surface area contributed by atoms with Crippen LogP contribution in [0.3, 0.4) is 0 Å². The van der Waals surface area contributed by atoms with Crippen LogP contribution in [0.15, 0.2) is 46.9 Å². The minimum Gasteiger partial charge on any atom is -0.497 e. The van der Waals surface area contributed by atoms with Gasteiger partial charge >= 0.3 is 6.03 Å². The molecule has 1 unspecified atom stereocenters. The summed E-state index contributed by atoms with van der Waals surface area (Å²) in [5, 5.41) is 5.74. The molecule has 6 heteroatoms. The highest BCUT2D eigenvalue weighted by Gasteiger charge is 2.22. The van der Waals surface area contributed by atoms with Gasteiger partial charge in [-0.15, -0.1) is 0 Å². The smallest absolute Gasteiger partial charge is 0.319 e. The summed E-state index contributed by atoms with van der Waals surface area (Å²) in [5.41, 5.74) is 1.77. The van der Waals surface area contributed by atoms with E-state index in [1.54, 1.807) is 7.11 Å². The van der Waals surface area contributed by atoms with Gasteiger partial charge in [0.05, 0.1) is 13.2 Å². The molecular weight excluding hydrogens is 360 g/mol. The number of carbonyl (C=O) groups is 1. The quantitative estimate of drug-likeness (QED) is 0.860. The molecule has 2 amide bonds. The maximum Gasteiger partial charge on any atom is 0.319 e. The van der Waals surface area contributed by atoms with Crippen molar-refractivity contribution in [2.24, 2.45) is 0 Å². The third kappa shape index (κ3) is 3.96. The van der Waals surface area contributed by atoms with E-state index >= 15 is 0 Å². The number of ether oxygens (including phenoxy) is 2. The lowest BCUT2D eigenvalue weighted by atomic mass is 10.0. The summed E-state index contributed by atoms with van der Waals surface area (Å²) in [6.45, 7) is 0.451. The Morgan fingerprint density at radius 1 is 1.26 bits per heavy atom. The molecule has 0 aromatic heterocycles. The van der Waals surface area contributed by atoms with Crippen LogP contribution in [0.5, 0.6) is 11.5 Å². The summed E-state index contributed by atoms with van der Waals surface area (Å²) >= 11 is 3.36. The van der Waals surface area contributed by atoms with E-state index in [-0.39, 0.29) is 12.1 Å². The van der Waals surface area contributed by atoms with E-state index in [2.05, 4.69) is 26.6 Å². The first kappa shape index (κ1) is 15.7. The molecule has 120 valence electrons. The van der Waals surface area contributed by atoms with Gasteiger partial charge in [-0.25, -0.2) is 4.79 Å². The molecule has 1 heterocycles. The molecular formula is C17H17BrN2O3. The molecule has 0 spiro atoms. The Labute approximate surface area is 143 Å². The Hall–Kier alpha value is -2.21. The topological polar surface area (TPSA) is 59.6 Å². The molecule has 3 rings (SSSR count). The number of hydrogen-bond donors (Lipinski definition) is 2. The molecule has 0 saturated heterocycles. The predicted molar refractivity (Wildman–Crippen MR) is 92.3 cm³/mol. The van der Waals surface area contributed by atoms with Crippen molar-refractivity contribution in [1.82, 2.24) is 5.32 Å². The fourth-order valence-corrected chi connectivity index (χ4v) is 2.74. The number of urea groups is 1. The van der Waals surface area contributed by atoms with Crippen LogP contribution in [0.25, 0.3) is 0 Å². The molecule has 0 bridgehead atoms. The van der Waals surface area contributed by atoms with E-state index in [1.165, 1.54) is 0 Å². The zero-order valence-corrected chi connectivity index (χ0v) is 14.2. The molecule has 0 radical (unpaired) electrons. The van der Waals surface area contributed by atoms with Crippen LogP contribution in [-0.4, -0.2) is 25.8 Å². The lowest BCUT2D eigenvalue weighted by Gasteiger charge is -2.26. The Kier molecular flexibility index (Phi) is 4.71. The van der Waals surface area contributed by atoms with E-state index < -0.39 is 0 Å². The standard InChI is InChI=1S/C17H17BrN2O3/c1-22-15-6-7-16-11(9-15)8-14(10-23-16)20-17(21)19-13-4-2-12(18)3-5-13/h2-7,9,14H,8,10H2,1H3,(H2,19,20,21). The Bertz CT molecular complexity index is 703. The van der Waals surface area contributed by atoms with Gasteiger partial charge < -0.3 is 20.1 Å². The normalized spacial score (nSPS) is 16.0. The highest BCUT2D eigenvalue weighted by Crippen LogP contribution is 2.28. The summed E-state index contributed by atoms with van der Waals surface area (Å²) in [6.07, 6.45) is 0.709. The van der Waals surface area contributed by atoms with E-state index in [4.69, 9.17) is 9.47 Å². The molecule has 23 heavy (non-hydrogen) atoms. The molecule has 0 fully saturated rings. The van der Waals surface area contributed by atoms with Crippen molar-refractivity contribution >= 4 is 27.6 Å².